The highest BCUT2D eigenvalue weighted by atomic mass is 79.9. The highest BCUT2D eigenvalue weighted by Crippen LogP contribution is 2.29. The lowest BCUT2D eigenvalue weighted by molar-refractivity contribution is 0.630. The number of aryl methyl sites for hydroxylation is 2. The largest absolute Gasteiger partial charge is 0.307 e. The quantitative estimate of drug-likeness (QED) is 0.775. The SMILES string of the molecule is CCNC(c1cc(C)cc(C)c1)c1ccc(Br)c(Cl)c1. The van der Waals surface area contributed by atoms with Crippen LogP contribution in [0.5, 0.6) is 0 Å². The van der Waals surface area contributed by atoms with Crippen LogP contribution in [0.25, 0.3) is 0 Å². The van der Waals surface area contributed by atoms with E-state index < -0.39 is 0 Å². The van der Waals surface area contributed by atoms with Crippen LogP contribution in [0, 0.1) is 13.8 Å². The van der Waals surface area contributed by atoms with Gasteiger partial charge in [0.05, 0.1) is 11.1 Å². The van der Waals surface area contributed by atoms with Crippen molar-refractivity contribution in [3.05, 3.63) is 68.1 Å². The van der Waals surface area contributed by atoms with Crippen molar-refractivity contribution in [2.45, 2.75) is 26.8 Å². The molecule has 0 spiro atoms. The molecule has 20 heavy (non-hydrogen) atoms. The summed E-state index contributed by atoms with van der Waals surface area (Å²) in [6.07, 6.45) is 0. The van der Waals surface area contributed by atoms with Crippen LogP contribution < -0.4 is 5.32 Å². The fraction of sp³-hybridized carbons (Fsp3) is 0.294. The maximum absolute atomic E-state index is 6.23. The van der Waals surface area contributed by atoms with E-state index in [0.29, 0.717) is 0 Å². The molecular weight excluding hydrogens is 334 g/mol. The summed E-state index contributed by atoms with van der Waals surface area (Å²) in [5.41, 5.74) is 5.03. The summed E-state index contributed by atoms with van der Waals surface area (Å²) in [6.45, 7) is 7.30. The van der Waals surface area contributed by atoms with Crippen molar-refractivity contribution in [2.75, 3.05) is 6.54 Å². The Kier molecular flexibility index (Phi) is 5.25. The van der Waals surface area contributed by atoms with Crippen molar-refractivity contribution in [3.63, 3.8) is 0 Å². The van der Waals surface area contributed by atoms with Gasteiger partial charge in [-0.25, -0.2) is 0 Å². The molecule has 0 saturated heterocycles. The second-order valence-electron chi connectivity index (χ2n) is 5.09. The maximum Gasteiger partial charge on any atom is 0.0577 e. The number of halogens is 2. The van der Waals surface area contributed by atoms with E-state index in [4.69, 9.17) is 11.6 Å². The Balaban J connectivity index is 2.46. The molecule has 2 aromatic carbocycles. The van der Waals surface area contributed by atoms with E-state index in [1.807, 2.05) is 12.1 Å². The van der Waals surface area contributed by atoms with Gasteiger partial charge in [-0.05, 0) is 59.6 Å². The normalized spacial score (nSPS) is 12.4. The van der Waals surface area contributed by atoms with E-state index in [-0.39, 0.29) is 6.04 Å². The minimum atomic E-state index is 0.171. The first-order valence-corrected chi connectivity index (χ1v) is 7.95. The van der Waals surface area contributed by atoms with Crippen LogP contribution in [0.4, 0.5) is 0 Å². The van der Waals surface area contributed by atoms with E-state index in [1.54, 1.807) is 0 Å². The van der Waals surface area contributed by atoms with Crippen LogP contribution in [0.3, 0.4) is 0 Å². The molecule has 2 rings (SSSR count). The third kappa shape index (κ3) is 3.63. The molecule has 0 fully saturated rings. The Labute approximate surface area is 134 Å². The summed E-state index contributed by atoms with van der Waals surface area (Å²) in [4.78, 5) is 0. The van der Waals surface area contributed by atoms with Gasteiger partial charge >= 0.3 is 0 Å². The van der Waals surface area contributed by atoms with Crippen LogP contribution in [-0.4, -0.2) is 6.54 Å². The summed E-state index contributed by atoms with van der Waals surface area (Å²) in [6, 6.07) is 13.0. The van der Waals surface area contributed by atoms with Crippen molar-refractivity contribution in [2.24, 2.45) is 0 Å². The molecule has 3 heteroatoms. The first-order valence-electron chi connectivity index (χ1n) is 6.77. The van der Waals surface area contributed by atoms with Gasteiger partial charge in [0.1, 0.15) is 0 Å². The third-order valence-electron chi connectivity index (χ3n) is 3.26. The number of rotatable bonds is 4. The molecule has 2 aromatic rings. The summed E-state index contributed by atoms with van der Waals surface area (Å²) in [5, 5.41) is 4.29. The third-order valence-corrected chi connectivity index (χ3v) is 4.50. The smallest absolute Gasteiger partial charge is 0.0577 e. The summed E-state index contributed by atoms with van der Waals surface area (Å²) in [5.74, 6) is 0. The predicted octanol–water partition coefficient (Wildman–Crippen LogP) is 5.42. The highest BCUT2D eigenvalue weighted by molar-refractivity contribution is 9.10. The van der Waals surface area contributed by atoms with E-state index in [2.05, 4.69) is 66.3 Å². The lowest BCUT2D eigenvalue weighted by Crippen LogP contribution is -2.22. The van der Waals surface area contributed by atoms with Crippen molar-refractivity contribution >= 4 is 27.5 Å². The molecule has 0 aliphatic heterocycles. The molecule has 106 valence electrons. The van der Waals surface area contributed by atoms with E-state index >= 15 is 0 Å². The Bertz CT molecular complexity index is 590. The van der Waals surface area contributed by atoms with Gasteiger partial charge in [0.15, 0.2) is 0 Å². The second kappa shape index (κ2) is 6.75. The lowest BCUT2D eigenvalue weighted by atomic mass is 9.95. The van der Waals surface area contributed by atoms with Crippen molar-refractivity contribution in [1.82, 2.24) is 5.32 Å². The van der Waals surface area contributed by atoms with Crippen molar-refractivity contribution in [1.29, 1.82) is 0 Å². The van der Waals surface area contributed by atoms with Gasteiger partial charge in [-0.15, -0.1) is 0 Å². The van der Waals surface area contributed by atoms with Crippen LogP contribution in [0.15, 0.2) is 40.9 Å². The summed E-state index contributed by atoms with van der Waals surface area (Å²) in [7, 11) is 0. The average Bonchev–Trinajstić information content (AvgIpc) is 2.38. The molecule has 0 amide bonds. The van der Waals surface area contributed by atoms with Gasteiger partial charge in [0.25, 0.3) is 0 Å². The molecule has 1 unspecified atom stereocenters. The van der Waals surface area contributed by atoms with Crippen LogP contribution in [0.2, 0.25) is 5.02 Å². The van der Waals surface area contributed by atoms with Crippen LogP contribution in [-0.2, 0) is 0 Å². The predicted molar refractivity (Wildman–Crippen MR) is 90.6 cm³/mol. The molecule has 0 radical (unpaired) electrons. The Morgan fingerprint density at radius 1 is 1.05 bits per heavy atom. The fourth-order valence-electron chi connectivity index (χ4n) is 2.50. The number of benzene rings is 2. The molecule has 0 aliphatic carbocycles. The van der Waals surface area contributed by atoms with Crippen molar-refractivity contribution < 1.29 is 0 Å². The zero-order valence-corrected chi connectivity index (χ0v) is 14.3. The minimum Gasteiger partial charge on any atom is -0.307 e. The van der Waals surface area contributed by atoms with Crippen LogP contribution >= 0.6 is 27.5 Å². The molecule has 0 heterocycles. The van der Waals surface area contributed by atoms with Crippen molar-refractivity contribution in [3.8, 4) is 0 Å². The van der Waals surface area contributed by atoms with Gasteiger partial charge in [0.2, 0.25) is 0 Å². The molecule has 0 aliphatic rings. The lowest BCUT2D eigenvalue weighted by Gasteiger charge is -2.20. The molecular formula is C17H19BrClN. The Hall–Kier alpha value is -0.830. The zero-order valence-electron chi connectivity index (χ0n) is 12.0. The topological polar surface area (TPSA) is 12.0 Å². The molecule has 0 aromatic heterocycles. The van der Waals surface area contributed by atoms with E-state index in [0.717, 1.165) is 16.0 Å². The van der Waals surface area contributed by atoms with Gasteiger partial charge in [-0.3, -0.25) is 0 Å². The molecule has 1 nitrogen and oxygen atoms in total. The number of hydrogen-bond donors (Lipinski definition) is 1. The summed E-state index contributed by atoms with van der Waals surface area (Å²) < 4.78 is 0.929. The van der Waals surface area contributed by atoms with Crippen LogP contribution in [0.1, 0.15) is 35.2 Å². The molecule has 1 N–H and O–H groups in total. The number of hydrogen-bond acceptors (Lipinski definition) is 1. The van der Waals surface area contributed by atoms with E-state index in [1.165, 1.54) is 22.3 Å². The number of nitrogens with one attached hydrogen (secondary N) is 1. The second-order valence-corrected chi connectivity index (χ2v) is 6.35. The molecule has 0 saturated carbocycles. The van der Waals surface area contributed by atoms with Gasteiger partial charge < -0.3 is 5.32 Å². The molecule has 0 bridgehead atoms. The first-order chi connectivity index (χ1) is 9.51. The maximum atomic E-state index is 6.23. The Morgan fingerprint density at radius 3 is 2.25 bits per heavy atom. The van der Waals surface area contributed by atoms with E-state index in [9.17, 15) is 0 Å². The summed E-state index contributed by atoms with van der Waals surface area (Å²) >= 11 is 9.68. The zero-order chi connectivity index (χ0) is 14.7. The fourth-order valence-corrected chi connectivity index (χ4v) is 2.94. The average molecular weight is 353 g/mol. The monoisotopic (exact) mass is 351 g/mol. The van der Waals surface area contributed by atoms with Gasteiger partial charge in [-0.2, -0.15) is 0 Å². The van der Waals surface area contributed by atoms with Gasteiger partial charge in [-0.1, -0.05) is 53.9 Å². The van der Waals surface area contributed by atoms with Gasteiger partial charge in [0, 0.05) is 4.47 Å². The molecule has 1 atom stereocenters. The standard InChI is InChI=1S/C17H19BrClN/c1-4-20-17(13-5-6-15(18)16(19)10-13)14-8-11(2)7-12(3)9-14/h5-10,17,20H,4H2,1-3H3. The first kappa shape index (κ1) is 15.6. The highest BCUT2D eigenvalue weighted by Gasteiger charge is 2.14. The minimum absolute atomic E-state index is 0.171. The Morgan fingerprint density at radius 2 is 1.70 bits per heavy atom.